The van der Waals surface area contributed by atoms with Crippen LogP contribution < -0.4 is 5.32 Å². The number of nitrogens with zero attached hydrogens (tertiary/aromatic N) is 1. The number of hydrogen-bond donors (Lipinski definition) is 2. The summed E-state index contributed by atoms with van der Waals surface area (Å²) in [6.07, 6.45) is 0. The summed E-state index contributed by atoms with van der Waals surface area (Å²) < 4.78 is 0. The van der Waals surface area contributed by atoms with E-state index >= 15 is 0 Å². The van der Waals surface area contributed by atoms with Gasteiger partial charge in [0, 0.05) is 19.1 Å². The van der Waals surface area contributed by atoms with Gasteiger partial charge in [0.05, 0.1) is 6.61 Å². The Labute approximate surface area is 113 Å². The summed E-state index contributed by atoms with van der Waals surface area (Å²) in [5, 5.41) is 11.6. The lowest BCUT2D eigenvalue weighted by Crippen LogP contribution is -2.45. The Hall–Kier alpha value is -1.88. The highest BCUT2D eigenvalue weighted by molar-refractivity contribution is 6.35. The van der Waals surface area contributed by atoms with E-state index in [-0.39, 0.29) is 19.2 Å². The minimum atomic E-state index is -0.639. The van der Waals surface area contributed by atoms with Crippen molar-refractivity contribution in [3.8, 4) is 0 Å². The van der Waals surface area contributed by atoms with Crippen LogP contribution in [0.15, 0.2) is 30.3 Å². The Kier molecular flexibility index (Phi) is 6.02. The molecule has 0 aromatic heterocycles. The molecule has 0 unspecified atom stereocenters. The zero-order valence-corrected chi connectivity index (χ0v) is 11.3. The number of hydrogen-bond acceptors (Lipinski definition) is 3. The van der Waals surface area contributed by atoms with Gasteiger partial charge in [-0.3, -0.25) is 9.59 Å². The molecule has 19 heavy (non-hydrogen) atoms. The van der Waals surface area contributed by atoms with Crippen LogP contribution in [0.3, 0.4) is 0 Å². The first-order chi connectivity index (χ1) is 9.04. The van der Waals surface area contributed by atoms with Gasteiger partial charge in [0.15, 0.2) is 0 Å². The third-order valence-corrected chi connectivity index (χ3v) is 2.49. The standard InChI is InChI=1S/C14H20N2O3/c1-11(2)15-13(18)14(19)16(8-9-17)10-12-6-4-3-5-7-12/h3-7,11,17H,8-10H2,1-2H3,(H,15,18). The van der Waals surface area contributed by atoms with Crippen molar-refractivity contribution in [2.75, 3.05) is 13.2 Å². The average Bonchev–Trinajstić information content (AvgIpc) is 2.38. The largest absolute Gasteiger partial charge is 0.395 e. The number of carbonyl (C=O) groups is 2. The maximum Gasteiger partial charge on any atom is 0.312 e. The number of nitrogens with one attached hydrogen (secondary N) is 1. The molecule has 1 rings (SSSR count). The maximum atomic E-state index is 12.0. The van der Waals surface area contributed by atoms with Crippen LogP contribution in [0.25, 0.3) is 0 Å². The van der Waals surface area contributed by atoms with E-state index in [2.05, 4.69) is 5.32 Å². The van der Waals surface area contributed by atoms with Gasteiger partial charge in [-0.05, 0) is 19.4 Å². The smallest absolute Gasteiger partial charge is 0.312 e. The van der Waals surface area contributed by atoms with E-state index in [1.807, 2.05) is 30.3 Å². The molecule has 5 heteroatoms. The van der Waals surface area contributed by atoms with Gasteiger partial charge in [-0.15, -0.1) is 0 Å². The van der Waals surface area contributed by atoms with Gasteiger partial charge in [0.25, 0.3) is 0 Å². The van der Waals surface area contributed by atoms with Crippen LogP contribution in [0.4, 0.5) is 0 Å². The number of aliphatic hydroxyl groups excluding tert-OH is 1. The average molecular weight is 264 g/mol. The third-order valence-electron chi connectivity index (χ3n) is 2.49. The van der Waals surface area contributed by atoms with Crippen molar-refractivity contribution in [1.29, 1.82) is 0 Å². The molecule has 0 radical (unpaired) electrons. The molecule has 0 saturated carbocycles. The summed E-state index contributed by atoms with van der Waals surface area (Å²) in [5.74, 6) is -1.26. The van der Waals surface area contributed by atoms with E-state index in [1.165, 1.54) is 4.90 Å². The van der Waals surface area contributed by atoms with Crippen molar-refractivity contribution < 1.29 is 14.7 Å². The first-order valence-electron chi connectivity index (χ1n) is 6.29. The second-order valence-electron chi connectivity index (χ2n) is 4.56. The Bertz CT molecular complexity index is 418. The Morgan fingerprint density at radius 2 is 1.89 bits per heavy atom. The van der Waals surface area contributed by atoms with Crippen LogP contribution in [0.5, 0.6) is 0 Å². The highest BCUT2D eigenvalue weighted by Gasteiger charge is 2.21. The molecule has 1 aromatic rings. The van der Waals surface area contributed by atoms with Crippen LogP contribution in [0.1, 0.15) is 19.4 Å². The van der Waals surface area contributed by atoms with Gasteiger partial charge >= 0.3 is 11.8 Å². The third kappa shape index (κ3) is 5.09. The molecule has 0 atom stereocenters. The fourth-order valence-electron chi connectivity index (χ4n) is 1.64. The minimum absolute atomic E-state index is 0.0934. The van der Waals surface area contributed by atoms with Gasteiger partial charge < -0.3 is 15.3 Å². The lowest BCUT2D eigenvalue weighted by Gasteiger charge is -2.21. The quantitative estimate of drug-likeness (QED) is 0.762. The van der Waals surface area contributed by atoms with Gasteiger partial charge in [-0.25, -0.2) is 0 Å². The molecule has 0 aliphatic heterocycles. The fraction of sp³-hybridized carbons (Fsp3) is 0.429. The van der Waals surface area contributed by atoms with Gasteiger partial charge in [0.2, 0.25) is 0 Å². The predicted molar refractivity (Wildman–Crippen MR) is 72.2 cm³/mol. The normalized spacial score (nSPS) is 10.3. The molecule has 0 saturated heterocycles. The number of benzene rings is 1. The Balaban J connectivity index is 2.71. The van der Waals surface area contributed by atoms with E-state index in [4.69, 9.17) is 5.11 Å². The summed E-state index contributed by atoms with van der Waals surface area (Å²) >= 11 is 0. The SMILES string of the molecule is CC(C)NC(=O)C(=O)N(CCO)Cc1ccccc1. The number of carbonyl (C=O) groups excluding carboxylic acids is 2. The first kappa shape index (κ1) is 15.2. The molecule has 0 aliphatic rings. The van der Waals surface area contributed by atoms with E-state index in [0.717, 1.165) is 5.56 Å². The predicted octanol–water partition coefficient (Wildman–Crippen LogP) is 0.532. The molecular weight excluding hydrogens is 244 g/mol. The molecule has 2 amide bonds. The molecule has 0 fully saturated rings. The molecule has 0 bridgehead atoms. The summed E-state index contributed by atoms with van der Waals surface area (Å²) in [6.45, 7) is 3.86. The molecule has 0 heterocycles. The van der Waals surface area contributed by atoms with Crippen LogP contribution in [0, 0.1) is 0 Å². The number of aliphatic hydroxyl groups is 1. The highest BCUT2D eigenvalue weighted by atomic mass is 16.3. The summed E-state index contributed by atoms with van der Waals surface area (Å²) in [5.41, 5.74) is 0.918. The van der Waals surface area contributed by atoms with Crippen LogP contribution in [0.2, 0.25) is 0 Å². The second kappa shape index (κ2) is 7.53. The fourth-order valence-corrected chi connectivity index (χ4v) is 1.64. The van der Waals surface area contributed by atoms with E-state index in [1.54, 1.807) is 13.8 Å². The lowest BCUT2D eigenvalue weighted by atomic mass is 10.2. The maximum absolute atomic E-state index is 12.0. The Morgan fingerprint density at radius 3 is 2.42 bits per heavy atom. The topological polar surface area (TPSA) is 69.6 Å². The zero-order chi connectivity index (χ0) is 14.3. The van der Waals surface area contributed by atoms with E-state index in [0.29, 0.717) is 6.54 Å². The molecular formula is C14H20N2O3. The monoisotopic (exact) mass is 264 g/mol. The summed E-state index contributed by atoms with van der Waals surface area (Å²) in [7, 11) is 0. The van der Waals surface area contributed by atoms with Crippen molar-refractivity contribution in [2.24, 2.45) is 0 Å². The van der Waals surface area contributed by atoms with E-state index in [9.17, 15) is 9.59 Å². The lowest BCUT2D eigenvalue weighted by molar-refractivity contribution is -0.146. The van der Waals surface area contributed by atoms with Crippen molar-refractivity contribution in [3.05, 3.63) is 35.9 Å². The molecule has 2 N–H and O–H groups in total. The van der Waals surface area contributed by atoms with Crippen molar-refractivity contribution >= 4 is 11.8 Å². The number of rotatable bonds is 5. The van der Waals surface area contributed by atoms with Crippen molar-refractivity contribution in [2.45, 2.75) is 26.4 Å². The Morgan fingerprint density at radius 1 is 1.26 bits per heavy atom. The minimum Gasteiger partial charge on any atom is -0.395 e. The van der Waals surface area contributed by atoms with Gasteiger partial charge in [0.1, 0.15) is 0 Å². The first-order valence-corrected chi connectivity index (χ1v) is 6.29. The molecule has 0 aliphatic carbocycles. The summed E-state index contributed by atoms with van der Waals surface area (Å²) in [6, 6.07) is 9.27. The summed E-state index contributed by atoms with van der Waals surface area (Å²) in [4.78, 5) is 25.0. The second-order valence-corrected chi connectivity index (χ2v) is 4.56. The highest BCUT2D eigenvalue weighted by Crippen LogP contribution is 2.04. The molecule has 5 nitrogen and oxygen atoms in total. The van der Waals surface area contributed by atoms with Gasteiger partial charge in [-0.1, -0.05) is 30.3 Å². The molecule has 0 spiro atoms. The molecule has 104 valence electrons. The van der Waals surface area contributed by atoms with Crippen molar-refractivity contribution in [3.63, 3.8) is 0 Å². The van der Waals surface area contributed by atoms with E-state index < -0.39 is 11.8 Å². The molecule has 1 aromatic carbocycles. The van der Waals surface area contributed by atoms with Crippen LogP contribution in [-0.4, -0.2) is 41.0 Å². The number of amides is 2. The van der Waals surface area contributed by atoms with Crippen LogP contribution in [-0.2, 0) is 16.1 Å². The van der Waals surface area contributed by atoms with Crippen molar-refractivity contribution in [1.82, 2.24) is 10.2 Å². The zero-order valence-electron chi connectivity index (χ0n) is 11.3. The van der Waals surface area contributed by atoms with Crippen LogP contribution >= 0.6 is 0 Å². The van der Waals surface area contributed by atoms with Gasteiger partial charge in [-0.2, -0.15) is 0 Å².